The number of amides is 1. The fraction of sp³-hybridized carbons (Fsp3) is 0.611. The fourth-order valence-electron chi connectivity index (χ4n) is 3.16. The van der Waals surface area contributed by atoms with E-state index in [9.17, 15) is 4.79 Å². The quantitative estimate of drug-likeness (QED) is 0.342. The van der Waals surface area contributed by atoms with Crippen molar-refractivity contribution < 1.29 is 4.79 Å². The van der Waals surface area contributed by atoms with Crippen molar-refractivity contribution in [2.45, 2.75) is 51.4 Å². The standard InChI is InChI=1S/C18H26INO/c1-2-3-4-7-13-20-14-15(9-8-12-19)16-10-5-6-11-17(16)18(20)21/h5-6,10-11,15H,2-4,7-9,12-14H2,1H3/t15-/m1/s1. The zero-order valence-corrected chi connectivity index (χ0v) is 15.1. The second-order valence-electron chi connectivity index (χ2n) is 5.93. The zero-order chi connectivity index (χ0) is 15.1. The van der Waals surface area contributed by atoms with Gasteiger partial charge in [-0.15, -0.1) is 0 Å². The molecule has 1 amide bonds. The van der Waals surface area contributed by atoms with Crippen LogP contribution < -0.4 is 0 Å². The molecule has 0 spiro atoms. The number of alkyl halides is 1. The van der Waals surface area contributed by atoms with E-state index in [1.807, 2.05) is 12.1 Å². The van der Waals surface area contributed by atoms with Gasteiger partial charge in [-0.2, -0.15) is 0 Å². The molecular formula is C18H26INO. The number of unbranched alkanes of at least 4 members (excludes halogenated alkanes) is 3. The van der Waals surface area contributed by atoms with Crippen molar-refractivity contribution in [1.82, 2.24) is 4.90 Å². The molecule has 3 heteroatoms. The molecule has 2 rings (SSSR count). The van der Waals surface area contributed by atoms with Gasteiger partial charge in [0.15, 0.2) is 0 Å². The molecular weight excluding hydrogens is 373 g/mol. The molecule has 1 aromatic carbocycles. The van der Waals surface area contributed by atoms with Crippen molar-refractivity contribution in [1.29, 1.82) is 0 Å². The van der Waals surface area contributed by atoms with Gasteiger partial charge in [-0.25, -0.2) is 0 Å². The number of halogens is 1. The van der Waals surface area contributed by atoms with E-state index in [2.05, 4.69) is 46.5 Å². The van der Waals surface area contributed by atoms with Crippen LogP contribution in [0.15, 0.2) is 24.3 Å². The lowest BCUT2D eigenvalue weighted by Gasteiger charge is -2.34. The van der Waals surface area contributed by atoms with Gasteiger partial charge in [0, 0.05) is 24.6 Å². The summed E-state index contributed by atoms with van der Waals surface area (Å²) in [7, 11) is 0. The van der Waals surface area contributed by atoms with Gasteiger partial charge < -0.3 is 4.90 Å². The van der Waals surface area contributed by atoms with E-state index in [1.165, 1.54) is 42.1 Å². The second-order valence-corrected chi connectivity index (χ2v) is 7.01. The SMILES string of the molecule is CCCCCCN1C[C@@H](CCCI)c2ccccc2C1=O. The van der Waals surface area contributed by atoms with Crippen LogP contribution in [0.2, 0.25) is 0 Å². The molecule has 0 N–H and O–H groups in total. The normalized spacial score (nSPS) is 17.9. The Hall–Kier alpha value is -0.580. The predicted molar refractivity (Wildman–Crippen MR) is 97.3 cm³/mol. The van der Waals surface area contributed by atoms with Crippen LogP contribution in [0.5, 0.6) is 0 Å². The van der Waals surface area contributed by atoms with Crippen molar-refractivity contribution >= 4 is 28.5 Å². The minimum absolute atomic E-state index is 0.243. The minimum Gasteiger partial charge on any atom is -0.338 e. The molecule has 0 radical (unpaired) electrons. The molecule has 1 aromatic rings. The van der Waals surface area contributed by atoms with E-state index in [0.29, 0.717) is 5.92 Å². The van der Waals surface area contributed by atoms with Crippen LogP contribution in [-0.2, 0) is 0 Å². The van der Waals surface area contributed by atoms with Crippen molar-refractivity contribution in [3.05, 3.63) is 35.4 Å². The Morgan fingerprint density at radius 2 is 2.00 bits per heavy atom. The first kappa shape index (κ1) is 16.8. The maximum absolute atomic E-state index is 12.6. The number of benzene rings is 1. The van der Waals surface area contributed by atoms with Crippen LogP contribution in [-0.4, -0.2) is 28.3 Å². The topological polar surface area (TPSA) is 20.3 Å². The third-order valence-corrected chi connectivity index (χ3v) is 5.09. The highest BCUT2D eigenvalue weighted by atomic mass is 127. The van der Waals surface area contributed by atoms with E-state index >= 15 is 0 Å². The zero-order valence-electron chi connectivity index (χ0n) is 13.0. The number of hydrogen-bond donors (Lipinski definition) is 0. The van der Waals surface area contributed by atoms with Crippen LogP contribution >= 0.6 is 22.6 Å². The lowest BCUT2D eigenvalue weighted by Crippen LogP contribution is -2.40. The van der Waals surface area contributed by atoms with Crippen LogP contribution in [0.4, 0.5) is 0 Å². The van der Waals surface area contributed by atoms with Gasteiger partial charge in [-0.3, -0.25) is 4.79 Å². The Morgan fingerprint density at radius 1 is 1.19 bits per heavy atom. The third kappa shape index (κ3) is 4.44. The summed E-state index contributed by atoms with van der Waals surface area (Å²) in [5, 5.41) is 0. The molecule has 0 saturated heterocycles. The summed E-state index contributed by atoms with van der Waals surface area (Å²) in [4.78, 5) is 14.7. The van der Waals surface area contributed by atoms with E-state index < -0.39 is 0 Å². The summed E-state index contributed by atoms with van der Waals surface area (Å²) in [6.45, 7) is 4.06. The minimum atomic E-state index is 0.243. The van der Waals surface area contributed by atoms with Crippen LogP contribution in [0, 0.1) is 0 Å². The van der Waals surface area contributed by atoms with Crippen molar-refractivity contribution in [3.8, 4) is 0 Å². The predicted octanol–water partition coefficient (Wildman–Crippen LogP) is 5.02. The molecule has 1 aliphatic heterocycles. The smallest absolute Gasteiger partial charge is 0.254 e. The summed E-state index contributed by atoms with van der Waals surface area (Å²) < 4.78 is 1.20. The average Bonchev–Trinajstić information content (AvgIpc) is 2.52. The lowest BCUT2D eigenvalue weighted by molar-refractivity contribution is 0.0715. The monoisotopic (exact) mass is 399 g/mol. The first-order chi connectivity index (χ1) is 10.3. The van der Waals surface area contributed by atoms with Gasteiger partial charge in [0.25, 0.3) is 5.91 Å². The number of carbonyl (C=O) groups excluding carboxylic acids is 1. The average molecular weight is 399 g/mol. The molecule has 0 unspecified atom stereocenters. The number of fused-ring (bicyclic) bond motifs is 1. The maximum Gasteiger partial charge on any atom is 0.254 e. The van der Waals surface area contributed by atoms with Gasteiger partial charge >= 0.3 is 0 Å². The van der Waals surface area contributed by atoms with Crippen LogP contribution in [0.1, 0.15) is 67.3 Å². The molecule has 0 aliphatic carbocycles. The molecule has 116 valence electrons. The highest BCUT2D eigenvalue weighted by Gasteiger charge is 2.29. The summed E-state index contributed by atoms with van der Waals surface area (Å²) in [6.07, 6.45) is 7.32. The summed E-state index contributed by atoms with van der Waals surface area (Å²) >= 11 is 2.44. The van der Waals surface area contributed by atoms with Crippen molar-refractivity contribution in [2.75, 3.05) is 17.5 Å². The van der Waals surface area contributed by atoms with Crippen LogP contribution in [0.3, 0.4) is 0 Å². The Morgan fingerprint density at radius 3 is 2.76 bits per heavy atom. The molecule has 1 atom stereocenters. The highest BCUT2D eigenvalue weighted by molar-refractivity contribution is 14.1. The van der Waals surface area contributed by atoms with Gasteiger partial charge in [0.1, 0.15) is 0 Å². The van der Waals surface area contributed by atoms with E-state index in [-0.39, 0.29) is 5.91 Å². The molecule has 0 saturated carbocycles. The number of hydrogen-bond acceptors (Lipinski definition) is 1. The van der Waals surface area contributed by atoms with E-state index in [4.69, 9.17) is 0 Å². The van der Waals surface area contributed by atoms with Gasteiger partial charge in [-0.1, -0.05) is 67.0 Å². The second kappa shape index (κ2) is 8.76. The summed E-state index contributed by atoms with van der Waals surface area (Å²) in [5.41, 5.74) is 2.22. The molecule has 1 heterocycles. The van der Waals surface area contributed by atoms with Crippen molar-refractivity contribution in [3.63, 3.8) is 0 Å². The lowest BCUT2D eigenvalue weighted by atomic mass is 9.86. The molecule has 21 heavy (non-hydrogen) atoms. The number of nitrogens with zero attached hydrogens (tertiary/aromatic N) is 1. The van der Waals surface area contributed by atoms with Gasteiger partial charge in [-0.05, 0) is 35.3 Å². The highest BCUT2D eigenvalue weighted by Crippen LogP contribution is 2.31. The molecule has 0 aromatic heterocycles. The van der Waals surface area contributed by atoms with Gasteiger partial charge in [0.05, 0.1) is 0 Å². The van der Waals surface area contributed by atoms with Gasteiger partial charge in [0.2, 0.25) is 0 Å². The number of rotatable bonds is 8. The van der Waals surface area contributed by atoms with Crippen molar-refractivity contribution in [2.24, 2.45) is 0 Å². The Labute approximate surface area is 142 Å². The Kier molecular flexibility index (Phi) is 7.00. The molecule has 2 nitrogen and oxygen atoms in total. The third-order valence-electron chi connectivity index (χ3n) is 4.33. The Bertz CT molecular complexity index is 460. The molecule has 0 fully saturated rings. The Balaban J connectivity index is 2.06. The first-order valence-corrected chi connectivity index (χ1v) is 9.74. The molecule has 0 bridgehead atoms. The molecule has 1 aliphatic rings. The van der Waals surface area contributed by atoms with E-state index in [1.54, 1.807) is 0 Å². The van der Waals surface area contributed by atoms with E-state index in [0.717, 1.165) is 25.1 Å². The maximum atomic E-state index is 12.6. The summed E-state index contributed by atoms with van der Waals surface area (Å²) in [5.74, 6) is 0.771. The summed E-state index contributed by atoms with van der Waals surface area (Å²) in [6, 6.07) is 8.22. The first-order valence-electron chi connectivity index (χ1n) is 8.22. The largest absolute Gasteiger partial charge is 0.338 e. The van der Waals surface area contributed by atoms with Crippen LogP contribution in [0.25, 0.3) is 0 Å². The number of carbonyl (C=O) groups is 1. The fourth-order valence-corrected chi connectivity index (χ4v) is 3.60.